The van der Waals surface area contributed by atoms with Crippen molar-refractivity contribution in [2.24, 2.45) is 0 Å². The second kappa shape index (κ2) is 10.4. The molecule has 8 nitrogen and oxygen atoms in total. The molecule has 2 amide bonds. The second-order valence-corrected chi connectivity index (χ2v) is 7.58. The van der Waals surface area contributed by atoms with E-state index >= 15 is 0 Å². The number of anilines is 4. The van der Waals surface area contributed by atoms with Crippen LogP contribution in [0.1, 0.15) is 20.7 Å². The third-order valence-corrected chi connectivity index (χ3v) is 5.31. The first-order valence-electron chi connectivity index (χ1n) is 11.2. The zero-order chi connectivity index (χ0) is 24.7. The molecule has 0 aliphatic heterocycles. The van der Waals surface area contributed by atoms with Crippen LogP contribution in [-0.4, -0.2) is 31.8 Å². The normalized spacial score (nSPS) is 10.4. The second-order valence-electron chi connectivity index (χ2n) is 7.58. The molecule has 1 aromatic carbocycles. The molecule has 0 fully saturated rings. The average Bonchev–Trinajstić information content (AvgIpc) is 2.95. The Hall–Kier alpha value is -5.24. The topological polar surface area (TPSA) is 92.2 Å². The first-order valence-corrected chi connectivity index (χ1v) is 11.2. The van der Waals surface area contributed by atoms with Crippen molar-refractivity contribution in [1.82, 2.24) is 19.9 Å². The zero-order valence-electron chi connectivity index (χ0n) is 19.0. The van der Waals surface area contributed by atoms with Gasteiger partial charge in [0, 0.05) is 24.8 Å². The highest BCUT2D eigenvalue weighted by Crippen LogP contribution is 2.28. The lowest BCUT2D eigenvalue weighted by atomic mass is 10.0. The molecular formula is C28H20N6O2. The van der Waals surface area contributed by atoms with Gasteiger partial charge in [0.25, 0.3) is 11.8 Å². The van der Waals surface area contributed by atoms with Gasteiger partial charge in [-0.05, 0) is 60.7 Å². The summed E-state index contributed by atoms with van der Waals surface area (Å²) in [6, 6.07) is 27.7. The van der Waals surface area contributed by atoms with Crippen molar-refractivity contribution in [2.75, 3.05) is 9.80 Å². The maximum absolute atomic E-state index is 14.0. The summed E-state index contributed by atoms with van der Waals surface area (Å²) >= 11 is 0. The molecule has 0 saturated heterocycles. The van der Waals surface area contributed by atoms with Crippen molar-refractivity contribution in [3.8, 4) is 0 Å². The summed E-state index contributed by atoms with van der Waals surface area (Å²) in [6.07, 6.45) is 6.39. The van der Waals surface area contributed by atoms with Gasteiger partial charge in [0.2, 0.25) is 0 Å². The van der Waals surface area contributed by atoms with Crippen molar-refractivity contribution < 1.29 is 9.59 Å². The Morgan fingerprint density at radius 1 is 0.417 bits per heavy atom. The van der Waals surface area contributed by atoms with Crippen LogP contribution in [0.2, 0.25) is 0 Å². The molecule has 0 N–H and O–H groups in total. The van der Waals surface area contributed by atoms with E-state index in [-0.39, 0.29) is 11.1 Å². The van der Waals surface area contributed by atoms with Crippen molar-refractivity contribution in [2.45, 2.75) is 0 Å². The smallest absolute Gasteiger partial charge is 0.266 e. The van der Waals surface area contributed by atoms with Crippen LogP contribution < -0.4 is 9.80 Å². The lowest BCUT2D eigenvalue weighted by molar-refractivity contribution is 0.0965. The summed E-state index contributed by atoms with van der Waals surface area (Å²) < 4.78 is 0. The summed E-state index contributed by atoms with van der Waals surface area (Å²) in [7, 11) is 0. The molecule has 0 saturated carbocycles. The van der Waals surface area contributed by atoms with Gasteiger partial charge in [0.05, 0.1) is 11.1 Å². The van der Waals surface area contributed by atoms with E-state index in [0.717, 1.165) is 0 Å². The van der Waals surface area contributed by atoms with E-state index in [4.69, 9.17) is 0 Å². The molecule has 5 aromatic rings. The van der Waals surface area contributed by atoms with Crippen molar-refractivity contribution in [1.29, 1.82) is 0 Å². The molecule has 174 valence electrons. The summed E-state index contributed by atoms with van der Waals surface area (Å²) in [5, 5.41) is 0. The van der Waals surface area contributed by atoms with E-state index in [9.17, 15) is 9.59 Å². The SMILES string of the molecule is O=C(c1ccccc1C(=O)N(c1ccccn1)c1ccccn1)N(c1ccccn1)c1ccccn1. The number of benzene rings is 1. The fourth-order valence-corrected chi connectivity index (χ4v) is 3.69. The highest BCUT2D eigenvalue weighted by atomic mass is 16.2. The molecule has 0 aliphatic rings. The molecule has 0 bridgehead atoms. The highest BCUT2D eigenvalue weighted by molar-refractivity contribution is 6.19. The molecule has 0 atom stereocenters. The number of aromatic nitrogens is 4. The predicted octanol–water partition coefficient (Wildman–Crippen LogP) is 5.22. The first kappa shape index (κ1) is 22.5. The molecule has 0 radical (unpaired) electrons. The Bertz CT molecular complexity index is 1270. The van der Waals surface area contributed by atoms with Gasteiger partial charge in [-0.25, -0.2) is 29.7 Å². The minimum absolute atomic E-state index is 0.190. The van der Waals surface area contributed by atoms with Crippen LogP contribution in [0, 0.1) is 0 Å². The van der Waals surface area contributed by atoms with Gasteiger partial charge < -0.3 is 0 Å². The van der Waals surface area contributed by atoms with Crippen molar-refractivity contribution in [3.63, 3.8) is 0 Å². The lowest BCUT2D eigenvalue weighted by Crippen LogP contribution is -2.33. The summed E-state index contributed by atoms with van der Waals surface area (Å²) in [4.78, 5) is 48.2. The van der Waals surface area contributed by atoms with Gasteiger partial charge in [-0.15, -0.1) is 0 Å². The van der Waals surface area contributed by atoms with Crippen LogP contribution in [0.25, 0.3) is 0 Å². The molecular weight excluding hydrogens is 452 g/mol. The van der Waals surface area contributed by atoms with E-state index in [1.807, 2.05) is 0 Å². The third kappa shape index (κ3) is 4.55. The van der Waals surface area contributed by atoms with E-state index in [2.05, 4.69) is 19.9 Å². The van der Waals surface area contributed by atoms with Gasteiger partial charge in [0.1, 0.15) is 23.3 Å². The van der Waals surface area contributed by atoms with Gasteiger partial charge in [-0.1, -0.05) is 36.4 Å². The Kier molecular flexibility index (Phi) is 6.48. The number of amides is 2. The van der Waals surface area contributed by atoms with Gasteiger partial charge in [-0.2, -0.15) is 0 Å². The predicted molar refractivity (Wildman–Crippen MR) is 136 cm³/mol. The molecule has 4 heterocycles. The standard InChI is InChI=1S/C28H20N6O2/c35-27(33(23-13-3-7-17-29-23)24-14-4-8-18-30-24)21-11-1-2-12-22(21)28(36)34(25-15-5-9-19-31-25)26-16-6-10-20-32-26/h1-20H. The summed E-state index contributed by atoms with van der Waals surface area (Å²) in [5.41, 5.74) is 0.381. The third-order valence-electron chi connectivity index (χ3n) is 5.31. The minimum atomic E-state index is -0.446. The summed E-state index contributed by atoms with van der Waals surface area (Å²) in [6.45, 7) is 0. The number of pyridine rings is 4. The molecule has 4 aromatic heterocycles. The Labute approximate surface area is 207 Å². The molecule has 36 heavy (non-hydrogen) atoms. The average molecular weight is 473 g/mol. The maximum Gasteiger partial charge on any atom is 0.266 e. The highest BCUT2D eigenvalue weighted by Gasteiger charge is 2.29. The van der Waals surface area contributed by atoms with Crippen LogP contribution in [0.15, 0.2) is 122 Å². The zero-order valence-corrected chi connectivity index (χ0v) is 19.0. The van der Waals surface area contributed by atoms with E-state index in [1.165, 1.54) is 9.80 Å². The number of hydrogen-bond donors (Lipinski definition) is 0. The van der Waals surface area contributed by atoms with Crippen LogP contribution in [-0.2, 0) is 0 Å². The monoisotopic (exact) mass is 472 g/mol. The lowest BCUT2D eigenvalue weighted by Gasteiger charge is -2.24. The van der Waals surface area contributed by atoms with Gasteiger partial charge in [0.15, 0.2) is 0 Å². The summed E-state index contributed by atoms with van der Waals surface area (Å²) in [5.74, 6) is 0.644. The number of hydrogen-bond acceptors (Lipinski definition) is 6. The Morgan fingerprint density at radius 2 is 0.694 bits per heavy atom. The minimum Gasteiger partial charge on any atom is -0.268 e. The molecule has 5 rings (SSSR count). The van der Waals surface area contributed by atoms with Crippen LogP contribution in [0.5, 0.6) is 0 Å². The van der Waals surface area contributed by atoms with E-state index in [1.54, 1.807) is 122 Å². The first-order chi connectivity index (χ1) is 17.7. The van der Waals surface area contributed by atoms with Gasteiger partial charge in [-0.3, -0.25) is 9.59 Å². The largest absolute Gasteiger partial charge is 0.268 e. The van der Waals surface area contributed by atoms with E-state index in [0.29, 0.717) is 23.3 Å². The Morgan fingerprint density at radius 3 is 0.944 bits per heavy atom. The number of carbonyl (C=O) groups is 2. The fraction of sp³-hybridized carbons (Fsp3) is 0. The number of rotatable bonds is 6. The quantitative estimate of drug-likeness (QED) is 0.336. The molecule has 0 spiro atoms. The number of nitrogens with zero attached hydrogens (tertiary/aromatic N) is 6. The maximum atomic E-state index is 14.0. The van der Waals surface area contributed by atoms with E-state index < -0.39 is 11.8 Å². The van der Waals surface area contributed by atoms with Gasteiger partial charge >= 0.3 is 0 Å². The molecule has 0 unspecified atom stereocenters. The van der Waals surface area contributed by atoms with Crippen LogP contribution in [0.4, 0.5) is 23.3 Å². The molecule has 0 aliphatic carbocycles. The van der Waals surface area contributed by atoms with Crippen LogP contribution >= 0.6 is 0 Å². The van der Waals surface area contributed by atoms with Crippen molar-refractivity contribution in [3.05, 3.63) is 133 Å². The number of carbonyl (C=O) groups excluding carboxylic acids is 2. The fourth-order valence-electron chi connectivity index (χ4n) is 3.69. The van der Waals surface area contributed by atoms with Crippen LogP contribution in [0.3, 0.4) is 0 Å². The van der Waals surface area contributed by atoms with Crippen molar-refractivity contribution >= 4 is 35.1 Å². The molecule has 8 heteroatoms. The Balaban J connectivity index is 1.62.